The van der Waals surface area contributed by atoms with Gasteiger partial charge < -0.3 is 14.6 Å². The predicted octanol–water partition coefficient (Wildman–Crippen LogP) is 0.386. The van der Waals surface area contributed by atoms with E-state index in [0.717, 1.165) is 12.8 Å². The summed E-state index contributed by atoms with van der Waals surface area (Å²) in [6, 6.07) is 0.153. The summed E-state index contributed by atoms with van der Waals surface area (Å²) in [5, 5.41) is 8.97. The number of hydrogen-bond acceptors (Lipinski definition) is 6. The molecule has 1 heterocycles. The van der Waals surface area contributed by atoms with Gasteiger partial charge in [0.05, 0.1) is 6.61 Å². The molecule has 0 aliphatic carbocycles. The van der Waals surface area contributed by atoms with Gasteiger partial charge in [-0.15, -0.1) is 0 Å². The Labute approximate surface area is 88.3 Å². The number of aliphatic hydroxyl groups is 1. The van der Waals surface area contributed by atoms with Gasteiger partial charge in [-0.2, -0.15) is 9.97 Å². The molecule has 0 aliphatic rings. The zero-order valence-electron chi connectivity index (χ0n) is 8.67. The van der Waals surface area contributed by atoms with Crippen LogP contribution in [-0.2, 0) is 4.74 Å². The van der Waals surface area contributed by atoms with Crippen molar-refractivity contribution < 1.29 is 14.6 Å². The molecule has 0 aromatic carbocycles. The Bertz CT molecular complexity index is 258. The van der Waals surface area contributed by atoms with E-state index in [9.17, 15) is 0 Å². The van der Waals surface area contributed by atoms with Crippen molar-refractivity contribution in [3.8, 4) is 6.01 Å². The highest BCUT2D eigenvalue weighted by Crippen LogP contribution is 2.03. The standard InChI is InChI=1S/C9H15N3O3/c1-2-3-4-14-8(5-13)15-9-11-6-10-7-12-9/h6-8,13H,2-5H2,1H3. The average Bonchev–Trinajstić information content (AvgIpc) is 2.29. The van der Waals surface area contributed by atoms with Crippen LogP contribution in [0.1, 0.15) is 19.8 Å². The summed E-state index contributed by atoms with van der Waals surface area (Å²) in [5.74, 6) is 0. The van der Waals surface area contributed by atoms with Crippen molar-refractivity contribution in [1.82, 2.24) is 15.0 Å². The monoisotopic (exact) mass is 213 g/mol. The molecule has 0 radical (unpaired) electrons. The topological polar surface area (TPSA) is 77.4 Å². The molecule has 15 heavy (non-hydrogen) atoms. The summed E-state index contributed by atoms with van der Waals surface area (Å²) >= 11 is 0. The zero-order valence-corrected chi connectivity index (χ0v) is 8.67. The Morgan fingerprint density at radius 2 is 2.13 bits per heavy atom. The molecule has 0 saturated carbocycles. The van der Waals surface area contributed by atoms with Crippen LogP contribution in [-0.4, -0.2) is 39.6 Å². The van der Waals surface area contributed by atoms with E-state index in [1.165, 1.54) is 12.7 Å². The molecule has 1 rings (SSSR count). The lowest BCUT2D eigenvalue weighted by Crippen LogP contribution is -2.26. The third kappa shape index (κ3) is 4.66. The molecule has 84 valence electrons. The van der Waals surface area contributed by atoms with E-state index in [1.54, 1.807) is 0 Å². The van der Waals surface area contributed by atoms with Gasteiger partial charge in [-0.25, -0.2) is 4.98 Å². The van der Waals surface area contributed by atoms with Crippen molar-refractivity contribution in [2.24, 2.45) is 0 Å². The minimum Gasteiger partial charge on any atom is -0.431 e. The van der Waals surface area contributed by atoms with Gasteiger partial charge in [0, 0.05) is 0 Å². The number of nitrogens with zero attached hydrogens (tertiary/aromatic N) is 3. The lowest BCUT2D eigenvalue weighted by molar-refractivity contribution is -0.111. The predicted molar refractivity (Wildman–Crippen MR) is 52.2 cm³/mol. The van der Waals surface area contributed by atoms with Gasteiger partial charge in [-0.3, -0.25) is 0 Å². The number of rotatable bonds is 7. The molecule has 0 spiro atoms. The smallest absolute Gasteiger partial charge is 0.321 e. The molecule has 1 atom stereocenters. The number of ether oxygens (including phenoxy) is 2. The van der Waals surface area contributed by atoms with Crippen LogP contribution in [0, 0.1) is 0 Å². The van der Waals surface area contributed by atoms with E-state index >= 15 is 0 Å². The van der Waals surface area contributed by atoms with Crippen LogP contribution in [0.25, 0.3) is 0 Å². The van der Waals surface area contributed by atoms with Crippen molar-refractivity contribution in [2.75, 3.05) is 13.2 Å². The van der Waals surface area contributed by atoms with Gasteiger partial charge in [0.15, 0.2) is 0 Å². The number of aromatic nitrogens is 3. The summed E-state index contributed by atoms with van der Waals surface area (Å²) in [5.41, 5.74) is 0. The van der Waals surface area contributed by atoms with Crippen molar-refractivity contribution in [3.05, 3.63) is 12.7 Å². The van der Waals surface area contributed by atoms with Crippen molar-refractivity contribution in [1.29, 1.82) is 0 Å². The number of unbranched alkanes of at least 4 members (excludes halogenated alkanes) is 1. The van der Waals surface area contributed by atoms with Crippen molar-refractivity contribution in [3.63, 3.8) is 0 Å². The Morgan fingerprint density at radius 3 is 2.73 bits per heavy atom. The first-order valence-electron chi connectivity index (χ1n) is 4.88. The van der Waals surface area contributed by atoms with Crippen LogP contribution in [0.2, 0.25) is 0 Å². The Kier molecular flexibility index (Phi) is 5.57. The lowest BCUT2D eigenvalue weighted by Gasteiger charge is -2.15. The largest absolute Gasteiger partial charge is 0.431 e. The highest BCUT2D eigenvalue weighted by Gasteiger charge is 2.10. The van der Waals surface area contributed by atoms with Crippen LogP contribution in [0.4, 0.5) is 0 Å². The van der Waals surface area contributed by atoms with Crippen LogP contribution in [0.15, 0.2) is 12.7 Å². The van der Waals surface area contributed by atoms with Gasteiger partial charge in [0.1, 0.15) is 19.3 Å². The van der Waals surface area contributed by atoms with Crippen molar-refractivity contribution in [2.45, 2.75) is 26.1 Å². The van der Waals surface area contributed by atoms with Crippen molar-refractivity contribution >= 4 is 0 Å². The molecular formula is C9H15N3O3. The molecule has 1 aromatic rings. The number of hydrogen-bond donors (Lipinski definition) is 1. The Balaban J connectivity index is 2.33. The van der Waals surface area contributed by atoms with Crippen LogP contribution < -0.4 is 4.74 Å². The highest BCUT2D eigenvalue weighted by molar-refractivity contribution is 4.87. The molecule has 1 aromatic heterocycles. The first-order chi connectivity index (χ1) is 7.36. The minimum absolute atomic E-state index is 0.153. The van der Waals surface area contributed by atoms with Gasteiger partial charge in [0.25, 0.3) is 0 Å². The Morgan fingerprint density at radius 1 is 1.40 bits per heavy atom. The van der Waals surface area contributed by atoms with Crippen LogP contribution >= 0.6 is 0 Å². The molecule has 0 bridgehead atoms. The summed E-state index contributed by atoms with van der Waals surface area (Å²) < 4.78 is 10.4. The maximum atomic E-state index is 8.97. The zero-order chi connectivity index (χ0) is 10.9. The summed E-state index contributed by atoms with van der Waals surface area (Å²) in [6.07, 6.45) is 3.89. The molecule has 6 heteroatoms. The molecule has 0 amide bonds. The third-order valence-corrected chi connectivity index (χ3v) is 1.66. The van der Waals surface area contributed by atoms with Gasteiger partial charge in [-0.1, -0.05) is 13.3 Å². The summed E-state index contributed by atoms with van der Waals surface area (Å²) in [7, 11) is 0. The third-order valence-electron chi connectivity index (χ3n) is 1.66. The summed E-state index contributed by atoms with van der Waals surface area (Å²) in [6.45, 7) is 2.38. The second-order valence-corrected chi connectivity index (χ2v) is 2.88. The highest BCUT2D eigenvalue weighted by atomic mass is 16.7. The summed E-state index contributed by atoms with van der Waals surface area (Å²) in [4.78, 5) is 11.2. The molecule has 1 N–H and O–H groups in total. The maximum absolute atomic E-state index is 8.97. The van der Waals surface area contributed by atoms with Crippen LogP contribution in [0.3, 0.4) is 0 Å². The van der Waals surface area contributed by atoms with E-state index in [4.69, 9.17) is 14.6 Å². The first kappa shape index (κ1) is 11.8. The van der Waals surface area contributed by atoms with Gasteiger partial charge >= 0.3 is 6.01 Å². The van der Waals surface area contributed by atoms with E-state index < -0.39 is 6.29 Å². The first-order valence-corrected chi connectivity index (χ1v) is 4.88. The molecule has 0 fully saturated rings. The lowest BCUT2D eigenvalue weighted by atomic mass is 10.4. The maximum Gasteiger partial charge on any atom is 0.321 e. The fraction of sp³-hybridized carbons (Fsp3) is 0.667. The second kappa shape index (κ2) is 7.08. The molecule has 0 saturated heterocycles. The minimum atomic E-state index is -0.709. The molecule has 6 nitrogen and oxygen atoms in total. The van der Waals surface area contributed by atoms with Gasteiger partial charge in [-0.05, 0) is 6.42 Å². The van der Waals surface area contributed by atoms with Crippen LogP contribution in [0.5, 0.6) is 6.01 Å². The SMILES string of the molecule is CCCCOC(CO)Oc1ncncn1. The van der Waals surface area contributed by atoms with E-state index in [2.05, 4.69) is 21.9 Å². The molecule has 1 unspecified atom stereocenters. The van der Waals surface area contributed by atoms with E-state index in [0.29, 0.717) is 6.61 Å². The second-order valence-electron chi connectivity index (χ2n) is 2.88. The van der Waals surface area contributed by atoms with Gasteiger partial charge in [0.2, 0.25) is 6.29 Å². The normalized spacial score (nSPS) is 12.4. The fourth-order valence-corrected chi connectivity index (χ4v) is 0.890. The number of aliphatic hydroxyl groups excluding tert-OH is 1. The fourth-order valence-electron chi connectivity index (χ4n) is 0.890. The van der Waals surface area contributed by atoms with E-state index in [-0.39, 0.29) is 12.6 Å². The quantitative estimate of drug-likeness (QED) is 0.521. The molecule has 0 aliphatic heterocycles. The Hall–Kier alpha value is -1.27. The average molecular weight is 213 g/mol. The van der Waals surface area contributed by atoms with E-state index in [1.807, 2.05) is 0 Å². The molecular weight excluding hydrogens is 198 g/mol.